The summed E-state index contributed by atoms with van der Waals surface area (Å²) in [5, 5.41) is 12.6. The number of hydrogen-bond donors (Lipinski definition) is 2. The normalized spacial score (nSPS) is 20.4. The van der Waals surface area contributed by atoms with E-state index in [9.17, 15) is 4.79 Å². The molecule has 90 valence electrons. The first-order chi connectivity index (χ1) is 8.21. The number of rotatable bonds is 2. The minimum Gasteiger partial charge on any atom is -0.480 e. The maximum absolute atomic E-state index is 11.0. The van der Waals surface area contributed by atoms with Crippen molar-refractivity contribution in [1.29, 1.82) is 0 Å². The van der Waals surface area contributed by atoms with Crippen molar-refractivity contribution in [1.82, 2.24) is 0 Å². The van der Waals surface area contributed by atoms with Gasteiger partial charge in [-0.2, -0.15) is 0 Å². The Morgan fingerprint density at radius 3 is 2.76 bits per heavy atom. The number of carboxylic acids is 1. The van der Waals surface area contributed by atoms with Crippen LogP contribution in [-0.4, -0.2) is 23.3 Å². The lowest BCUT2D eigenvalue weighted by Gasteiger charge is -2.35. The van der Waals surface area contributed by atoms with E-state index in [0.29, 0.717) is 0 Å². The van der Waals surface area contributed by atoms with E-state index in [-0.39, 0.29) is 12.2 Å². The summed E-state index contributed by atoms with van der Waals surface area (Å²) in [5.74, 6) is -0.769. The Labute approximate surface area is 100 Å². The van der Waals surface area contributed by atoms with E-state index < -0.39 is 5.97 Å². The van der Waals surface area contributed by atoms with Crippen molar-refractivity contribution in [2.45, 2.75) is 31.3 Å². The summed E-state index contributed by atoms with van der Waals surface area (Å²) in [7, 11) is 0. The second kappa shape index (κ2) is 3.65. The Morgan fingerprint density at radius 1 is 1.35 bits per heavy atom. The number of carboxylic acid groups (broad SMARTS) is 1. The van der Waals surface area contributed by atoms with Gasteiger partial charge in [0.25, 0.3) is 0 Å². The summed E-state index contributed by atoms with van der Waals surface area (Å²) in [5.41, 5.74) is 1.94. The van der Waals surface area contributed by atoms with Crippen LogP contribution in [0.4, 0.5) is 11.4 Å². The highest BCUT2D eigenvalue weighted by Crippen LogP contribution is 2.47. The van der Waals surface area contributed by atoms with Crippen molar-refractivity contribution in [2.24, 2.45) is 0 Å². The molecule has 0 amide bonds. The van der Waals surface area contributed by atoms with Crippen molar-refractivity contribution < 1.29 is 9.90 Å². The van der Waals surface area contributed by atoms with Crippen LogP contribution < -0.4 is 10.2 Å². The van der Waals surface area contributed by atoms with Crippen LogP contribution in [0.15, 0.2) is 24.3 Å². The molecule has 1 aromatic rings. The molecule has 1 heterocycles. The highest BCUT2D eigenvalue weighted by atomic mass is 16.4. The van der Waals surface area contributed by atoms with Crippen molar-refractivity contribution in [2.75, 3.05) is 16.8 Å². The third-order valence-electron chi connectivity index (χ3n) is 3.80. The number of para-hydroxylation sites is 2. The number of nitrogens with zero attached hydrogens (tertiary/aromatic N) is 1. The second-order valence-electron chi connectivity index (χ2n) is 4.86. The molecule has 0 radical (unpaired) electrons. The summed E-state index contributed by atoms with van der Waals surface area (Å²) in [6.45, 7) is 0.0734. The highest BCUT2D eigenvalue weighted by molar-refractivity contribution is 5.83. The summed E-state index contributed by atoms with van der Waals surface area (Å²) >= 11 is 0. The van der Waals surface area contributed by atoms with E-state index in [0.717, 1.165) is 37.1 Å². The number of anilines is 2. The molecular weight excluding hydrogens is 216 g/mol. The fourth-order valence-corrected chi connectivity index (χ4v) is 3.09. The zero-order chi connectivity index (χ0) is 11.9. The van der Waals surface area contributed by atoms with Gasteiger partial charge < -0.3 is 15.3 Å². The Hall–Kier alpha value is -1.71. The molecule has 0 atom stereocenters. The molecule has 0 bridgehead atoms. The van der Waals surface area contributed by atoms with Crippen molar-refractivity contribution in [3.8, 4) is 0 Å². The molecule has 2 N–H and O–H groups in total. The number of carbonyl (C=O) groups is 1. The van der Waals surface area contributed by atoms with E-state index in [2.05, 4.69) is 5.32 Å². The Morgan fingerprint density at radius 2 is 2.06 bits per heavy atom. The first-order valence-electron chi connectivity index (χ1n) is 6.08. The van der Waals surface area contributed by atoms with E-state index in [1.165, 1.54) is 0 Å². The Balaban J connectivity index is 2.01. The Bertz CT molecular complexity index is 452. The number of nitrogens with one attached hydrogen (secondary N) is 1. The molecule has 3 rings (SSSR count). The number of aliphatic carboxylic acids is 1. The van der Waals surface area contributed by atoms with Gasteiger partial charge in [0.2, 0.25) is 0 Å². The summed E-state index contributed by atoms with van der Waals surface area (Å²) < 4.78 is 0. The molecule has 0 unspecified atom stereocenters. The van der Waals surface area contributed by atoms with Crippen LogP contribution in [0.3, 0.4) is 0 Å². The molecule has 0 saturated heterocycles. The van der Waals surface area contributed by atoms with E-state index >= 15 is 0 Å². The number of benzene rings is 1. The Kier molecular flexibility index (Phi) is 2.24. The maximum atomic E-state index is 11.0. The summed E-state index contributed by atoms with van der Waals surface area (Å²) in [4.78, 5) is 13.1. The van der Waals surface area contributed by atoms with Gasteiger partial charge in [0, 0.05) is 0 Å². The molecule has 17 heavy (non-hydrogen) atoms. The van der Waals surface area contributed by atoms with E-state index in [4.69, 9.17) is 5.11 Å². The van der Waals surface area contributed by atoms with Gasteiger partial charge in [0.1, 0.15) is 12.2 Å². The molecule has 0 aromatic heterocycles. The monoisotopic (exact) mass is 232 g/mol. The van der Waals surface area contributed by atoms with Gasteiger partial charge in [-0.3, -0.25) is 4.79 Å². The lowest BCUT2D eigenvalue weighted by molar-refractivity contribution is -0.135. The minimum atomic E-state index is -0.769. The molecule has 1 saturated carbocycles. The van der Waals surface area contributed by atoms with Crippen LogP contribution in [0.1, 0.15) is 25.7 Å². The first kappa shape index (κ1) is 10.4. The number of hydrogen-bond acceptors (Lipinski definition) is 3. The molecular formula is C13H16N2O2. The smallest absolute Gasteiger partial charge is 0.323 e. The fraction of sp³-hybridized carbons (Fsp3) is 0.462. The first-order valence-corrected chi connectivity index (χ1v) is 6.08. The standard InChI is InChI=1S/C13H16N2O2/c16-12(17)9-15-11-6-2-1-5-10(11)14-13(15)7-3-4-8-13/h1-2,5-6,14H,3-4,7-9H2,(H,16,17). The van der Waals surface area contributed by atoms with Crippen LogP contribution in [0.25, 0.3) is 0 Å². The minimum absolute atomic E-state index is 0.0734. The van der Waals surface area contributed by atoms with Crippen LogP contribution >= 0.6 is 0 Å². The van der Waals surface area contributed by atoms with Gasteiger partial charge in [-0.25, -0.2) is 0 Å². The third-order valence-corrected chi connectivity index (χ3v) is 3.80. The quantitative estimate of drug-likeness (QED) is 0.821. The van der Waals surface area contributed by atoms with Gasteiger partial charge in [-0.1, -0.05) is 12.1 Å². The van der Waals surface area contributed by atoms with E-state index in [1.54, 1.807) is 0 Å². The predicted molar refractivity (Wildman–Crippen MR) is 66.2 cm³/mol. The van der Waals surface area contributed by atoms with Gasteiger partial charge in [0.15, 0.2) is 0 Å². The van der Waals surface area contributed by atoms with Gasteiger partial charge in [0.05, 0.1) is 11.4 Å². The molecule has 4 nitrogen and oxygen atoms in total. The molecule has 1 spiro atoms. The molecule has 2 aliphatic rings. The largest absolute Gasteiger partial charge is 0.480 e. The van der Waals surface area contributed by atoms with Crippen molar-refractivity contribution >= 4 is 17.3 Å². The highest BCUT2D eigenvalue weighted by Gasteiger charge is 2.45. The topological polar surface area (TPSA) is 52.6 Å². The van der Waals surface area contributed by atoms with Gasteiger partial charge in [-0.15, -0.1) is 0 Å². The second-order valence-corrected chi connectivity index (χ2v) is 4.86. The summed E-state index contributed by atoms with van der Waals surface area (Å²) in [6.07, 6.45) is 4.37. The number of fused-ring (bicyclic) bond motifs is 1. The molecule has 4 heteroatoms. The molecule has 1 aromatic carbocycles. The zero-order valence-electron chi connectivity index (χ0n) is 9.65. The van der Waals surface area contributed by atoms with Crippen molar-refractivity contribution in [3.63, 3.8) is 0 Å². The predicted octanol–water partition coefficient (Wildman–Crippen LogP) is 2.27. The third kappa shape index (κ3) is 1.55. The summed E-state index contributed by atoms with van der Waals surface area (Å²) in [6, 6.07) is 7.97. The fourth-order valence-electron chi connectivity index (χ4n) is 3.09. The van der Waals surface area contributed by atoms with Crippen LogP contribution in [0.2, 0.25) is 0 Å². The maximum Gasteiger partial charge on any atom is 0.323 e. The van der Waals surface area contributed by atoms with E-state index in [1.807, 2.05) is 29.2 Å². The zero-order valence-corrected chi connectivity index (χ0v) is 9.65. The molecule has 1 aliphatic carbocycles. The van der Waals surface area contributed by atoms with Crippen LogP contribution in [0.5, 0.6) is 0 Å². The average Bonchev–Trinajstić information content (AvgIpc) is 2.87. The van der Waals surface area contributed by atoms with Crippen LogP contribution in [-0.2, 0) is 4.79 Å². The van der Waals surface area contributed by atoms with Crippen LogP contribution in [0, 0.1) is 0 Å². The van der Waals surface area contributed by atoms with Gasteiger partial charge >= 0.3 is 5.97 Å². The molecule has 1 aliphatic heterocycles. The van der Waals surface area contributed by atoms with Crippen molar-refractivity contribution in [3.05, 3.63) is 24.3 Å². The average molecular weight is 232 g/mol. The SMILES string of the molecule is O=C(O)CN1c2ccccc2NC12CCCC2. The lowest BCUT2D eigenvalue weighted by Crippen LogP contribution is -2.50. The lowest BCUT2D eigenvalue weighted by atomic mass is 10.1. The van der Waals surface area contributed by atoms with Gasteiger partial charge in [-0.05, 0) is 37.8 Å². The molecule has 1 fully saturated rings.